The lowest BCUT2D eigenvalue weighted by Gasteiger charge is -2.42. The number of likely N-dealkylation sites (N-methyl/N-ethyl adjacent to an activating group) is 1. The summed E-state index contributed by atoms with van der Waals surface area (Å²) in [6.07, 6.45) is 6.13. The fourth-order valence-electron chi connectivity index (χ4n) is 4.88. The van der Waals surface area contributed by atoms with Crippen LogP contribution in [0.5, 0.6) is 0 Å². The summed E-state index contributed by atoms with van der Waals surface area (Å²) in [4.78, 5) is 32.3. The first-order valence-electron chi connectivity index (χ1n) is 11.2. The Hall–Kier alpha value is -2.02. The van der Waals surface area contributed by atoms with Crippen LogP contribution in [0.2, 0.25) is 10.0 Å². The van der Waals surface area contributed by atoms with Crippen LogP contribution in [-0.2, 0) is 11.3 Å². The third kappa shape index (κ3) is 5.13. The maximum atomic E-state index is 13.5. The summed E-state index contributed by atoms with van der Waals surface area (Å²) in [5.41, 5.74) is 0.537. The first-order chi connectivity index (χ1) is 15.4. The van der Waals surface area contributed by atoms with E-state index in [9.17, 15) is 9.59 Å². The molecular formula is C24H29Cl2N3O3. The van der Waals surface area contributed by atoms with Gasteiger partial charge in [-0.2, -0.15) is 0 Å². The number of hydrogen-bond acceptors (Lipinski definition) is 4. The van der Waals surface area contributed by atoms with E-state index in [1.165, 1.54) is 12.8 Å². The van der Waals surface area contributed by atoms with Crippen LogP contribution < -0.4 is 0 Å². The second-order valence-electron chi connectivity index (χ2n) is 8.72. The van der Waals surface area contributed by atoms with E-state index in [0.717, 1.165) is 18.6 Å². The number of furan rings is 1. The zero-order valence-electron chi connectivity index (χ0n) is 18.3. The smallest absolute Gasteiger partial charge is 0.253 e. The van der Waals surface area contributed by atoms with Gasteiger partial charge in [-0.05, 0) is 49.1 Å². The topological polar surface area (TPSA) is 57.0 Å². The molecule has 6 nitrogen and oxygen atoms in total. The highest BCUT2D eigenvalue weighted by molar-refractivity contribution is 6.42. The minimum atomic E-state index is -0.153. The molecule has 4 rings (SSSR count). The first-order valence-corrected chi connectivity index (χ1v) is 12.0. The fraction of sp³-hybridized carbons (Fsp3) is 0.500. The Bertz CT molecular complexity index is 936. The van der Waals surface area contributed by atoms with Gasteiger partial charge in [-0.3, -0.25) is 14.5 Å². The summed E-state index contributed by atoms with van der Waals surface area (Å²) < 4.78 is 5.43. The van der Waals surface area contributed by atoms with Crippen LogP contribution in [-0.4, -0.2) is 65.8 Å². The number of halogens is 2. The minimum Gasteiger partial charge on any atom is -0.467 e. The number of carbonyl (C=O) groups excluding carboxylic acids is 2. The Morgan fingerprint density at radius 2 is 1.81 bits per heavy atom. The molecule has 2 aromatic rings. The summed E-state index contributed by atoms with van der Waals surface area (Å²) in [6.45, 7) is 2.98. The molecule has 2 aliphatic rings. The van der Waals surface area contributed by atoms with Gasteiger partial charge in [-0.25, -0.2) is 0 Å². The van der Waals surface area contributed by atoms with Crippen molar-refractivity contribution in [2.45, 2.75) is 38.3 Å². The zero-order chi connectivity index (χ0) is 22.7. The van der Waals surface area contributed by atoms with E-state index in [4.69, 9.17) is 27.6 Å². The molecule has 0 spiro atoms. The summed E-state index contributed by atoms with van der Waals surface area (Å²) in [6, 6.07) is 8.55. The van der Waals surface area contributed by atoms with Gasteiger partial charge in [-0.1, -0.05) is 36.0 Å². The number of rotatable bonds is 6. The summed E-state index contributed by atoms with van der Waals surface area (Å²) in [5.74, 6) is 1.22. The van der Waals surface area contributed by atoms with E-state index in [1.54, 1.807) is 29.4 Å². The molecule has 1 unspecified atom stereocenters. The average molecular weight is 478 g/mol. The van der Waals surface area contributed by atoms with E-state index in [0.29, 0.717) is 54.3 Å². The molecule has 0 N–H and O–H groups in total. The van der Waals surface area contributed by atoms with E-state index >= 15 is 0 Å². The normalized spacial score (nSPS) is 18.7. The van der Waals surface area contributed by atoms with Crippen LogP contribution in [0.1, 0.15) is 41.8 Å². The molecule has 2 fully saturated rings. The molecule has 1 aromatic heterocycles. The van der Waals surface area contributed by atoms with Crippen molar-refractivity contribution in [1.29, 1.82) is 0 Å². The molecule has 2 heterocycles. The molecule has 0 radical (unpaired) electrons. The van der Waals surface area contributed by atoms with Gasteiger partial charge < -0.3 is 14.2 Å². The Balaban J connectivity index is 1.42. The predicted octanol–water partition coefficient (Wildman–Crippen LogP) is 4.56. The number of amides is 2. The van der Waals surface area contributed by atoms with E-state index in [1.807, 2.05) is 24.1 Å². The lowest BCUT2D eigenvalue weighted by Crippen LogP contribution is -2.58. The van der Waals surface area contributed by atoms with Crippen LogP contribution in [0.25, 0.3) is 0 Å². The highest BCUT2D eigenvalue weighted by Gasteiger charge is 2.38. The van der Waals surface area contributed by atoms with E-state index in [2.05, 4.69) is 4.90 Å². The van der Waals surface area contributed by atoms with Crippen molar-refractivity contribution in [3.8, 4) is 0 Å². The van der Waals surface area contributed by atoms with Gasteiger partial charge in [0.05, 0.1) is 28.9 Å². The number of carbonyl (C=O) groups is 2. The van der Waals surface area contributed by atoms with Crippen LogP contribution >= 0.6 is 23.2 Å². The second-order valence-corrected chi connectivity index (χ2v) is 9.53. The number of nitrogens with zero attached hydrogens (tertiary/aromatic N) is 3. The van der Waals surface area contributed by atoms with Gasteiger partial charge in [0, 0.05) is 38.8 Å². The molecule has 1 aromatic carbocycles. The van der Waals surface area contributed by atoms with Crippen molar-refractivity contribution in [2.24, 2.45) is 5.92 Å². The Labute approximate surface area is 199 Å². The highest BCUT2D eigenvalue weighted by Crippen LogP contribution is 2.32. The SMILES string of the molecule is CN(Cc1ccco1)C(=O)C(C1CCCC1)N1CCN(C(=O)c2ccc(Cl)c(Cl)c2)CC1. The van der Waals surface area contributed by atoms with Crippen LogP contribution in [0.3, 0.4) is 0 Å². The maximum absolute atomic E-state index is 13.5. The molecule has 1 atom stereocenters. The van der Waals surface area contributed by atoms with Gasteiger partial charge in [0.25, 0.3) is 5.91 Å². The Morgan fingerprint density at radius 3 is 2.44 bits per heavy atom. The predicted molar refractivity (Wildman–Crippen MR) is 125 cm³/mol. The van der Waals surface area contributed by atoms with Crippen molar-refractivity contribution >= 4 is 35.0 Å². The highest BCUT2D eigenvalue weighted by atomic mass is 35.5. The summed E-state index contributed by atoms with van der Waals surface area (Å²) >= 11 is 12.1. The maximum Gasteiger partial charge on any atom is 0.253 e. The average Bonchev–Trinajstić information content (AvgIpc) is 3.50. The van der Waals surface area contributed by atoms with Gasteiger partial charge in [0.15, 0.2) is 0 Å². The largest absolute Gasteiger partial charge is 0.467 e. The van der Waals surface area contributed by atoms with Gasteiger partial charge in [0.2, 0.25) is 5.91 Å². The van der Waals surface area contributed by atoms with Crippen molar-refractivity contribution < 1.29 is 14.0 Å². The van der Waals surface area contributed by atoms with Crippen molar-refractivity contribution in [3.05, 3.63) is 58.0 Å². The molecule has 172 valence electrons. The number of piperazine rings is 1. The molecule has 0 bridgehead atoms. The zero-order valence-corrected chi connectivity index (χ0v) is 19.8. The standard InChI is InChI=1S/C24H29Cl2N3O3/c1-27(16-19-7-4-14-32-19)24(31)22(17-5-2-3-6-17)28-10-12-29(13-11-28)23(30)18-8-9-20(25)21(26)15-18/h4,7-9,14-15,17,22H,2-3,5-6,10-13,16H2,1H3. The molecule has 1 saturated heterocycles. The molecule has 1 aliphatic carbocycles. The van der Waals surface area contributed by atoms with Crippen molar-refractivity contribution in [1.82, 2.24) is 14.7 Å². The second kappa shape index (κ2) is 10.3. The Kier molecular flexibility index (Phi) is 7.44. The van der Waals surface area contributed by atoms with E-state index < -0.39 is 0 Å². The molecule has 32 heavy (non-hydrogen) atoms. The quantitative estimate of drug-likeness (QED) is 0.611. The van der Waals surface area contributed by atoms with Crippen molar-refractivity contribution in [3.63, 3.8) is 0 Å². The Morgan fingerprint density at radius 1 is 1.09 bits per heavy atom. The molecular weight excluding hydrogens is 449 g/mol. The summed E-state index contributed by atoms with van der Waals surface area (Å²) in [7, 11) is 1.84. The fourth-order valence-corrected chi connectivity index (χ4v) is 5.18. The molecule has 1 saturated carbocycles. The lowest BCUT2D eigenvalue weighted by atomic mass is 9.94. The van der Waals surface area contributed by atoms with Gasteiger partial charge in [-0.15, -0.1) is 0 Å². The van der Waals surface area contributed by atoms with Gasteiger partial charge in [0.1, 0.15) is 5.76 Å². The van der Waals surface area contributed by atoms with Crippen LogP contribution in [0.15, 0.2) is 41.0 Å². The van der Waals surface area contributed by atoms with Crippen LogP contribution in [0, 0.1) is 5.92 Å². The molecule has 1 aliphatic heterocycles. The monoisotopic (exact) mass is 477 g/mol. The number of benzene rings is 1. The lowest BCUT2D eigenvalue weighted by molar-refractivity contribution is -0.139. The molecule has 2 amide bonds. The van der Waals surface area contributed by atoms with E-state index in [-0.39, 0.29) is 17.9 Å². The first kappa shape index (κ1) is 23.1. The van der Waals surface area contributed by atoms with Gasteiger partial charge >= 0.3 is 0 Å². The molecule has 8 heteroatoms. The van der Waals surface area contributed by atoms with Crippen LogP contribution in [0.4, 0.5) is 0 Å². The minimum absolute atomic E-state index is 0.0538. The third-order valence-corrected chi connectivity index (χ3v) is 7.35. The summed E-state index contributed by atoms with van der Waals surface area (Å²) in [5, 5.41) is 0.812. The number of hydrogen-bond donors (Lipinski definition) is 0. The third-order valence-electron chi connectivity index (χ3n) is 6.61. The van der Waals surface area contributed by atoms with Crippen molar-refractivity contribution in [2.75, 3.05) is 33.2 Å².